The first-order valence-electron chi connectivity index (χ1n) is 6.51. The summed E-state index contributed by atoms with van der Waals surface area (Å²) < 4.78 is 5.90. The molecule has 0 radical (unpaired) electrons. The Morgan fingerprint density at radius 3 is 2.71 bits per heavy atom. The largest absolute Gasteiger partial charge is 0.497 e. The normalized spacial score (nSPS) is 11.8. The molecule has 0 aliphatic carbocycles. The molecule has 1 atom stereocenters. The van der Waals surface area contributed by atoms with Crippen molar-refractivity contribution in [2.24, 2.45) is 0 Å². The minimum absolute atomic E-state index is 0.121. The molecule has 0 saturated heterocycles. The number of carbonyl (C=O) groups is 1. The molecule has 2 aromatic carbocycles. The second-order valence-electron chi connectivity index (χ2n) is 4.71. The van der Waals surface area contributed by atoms with Gasteiger partial charge in [-0.2, -0.15) is 0 Å². The fourth-order valence-corrected chi connectivity index (χ4v) is 2.32. The zero-order chi connectivity index (χ0) is 15.4. The zero-order valence-electron chi connectivity index (χ0n) is 11.9. The van der Waals surface area contributed by atoms with Gasteiger partial charge in [0, 0.05) is 15.7 Å². The molecule has 0 unspecified atom stereocenters. The van der Waals surface area contributed by atoms with E-state index in [2.05, 4.69) is 21.2 Å². The summed E-state index contributed by atoms with van der Waals surface area (Å²) in [5.74, 6) is 0.620. The lowest BCUT2D eigenvalue weighted by molar-refractivity contribution is 0.0940. The number of hydrogen-bond donors (Lipinski definition) is 2. The topological polar surface area (TPSA) is 64.3 Å². The van der Waals surface area contributed by atoms with Gasteiger partial charge in [-0.3, -0.25) is 4.79 Å². The van der Waals surface area contributed by atoms with Gasteiger partial charge in [0.2, 0.25) is 0 Å². The Kier molecular flexibility index (Phi) is 4.85. The first kappa shape index (κ1) is 15.4. The number of nitrogens with two attached hydrogens (primary N) is 1. The first-order valence-corrected chi connectivity index (χ1v) is 7.30. The molecule has 0 spiro atoms. The monoisotopic (exact) mass is 348 g/mol. The Bertz CT molecular complexity index is 658. The van der Waals surface area contributed by atoms with Crippen LogP contribution >= 0.6 is 15.9 Å². The van der Waals surface area contributed by atoms with E-state index in [1.54, 1.807) is 25.3 Å². The predicted molar refractivity (Wildman–Crippen MR) is 87.4 cm³/mol. The smallest absolute Gasteiger partial charge is 0.251 e. The maximum absolute atomic E-state index is 12.2. The average molecular weight is 349 g/mol. The summed E-state index contributed by atoms with van der Waals surface area (Å²) in [6.45, 7) is 1.93. The minimum Gasteiger partial charge on any atom is -0.497 e. The number of hydrogen-bond acceptors (Lipinski definition) is 3. The van der Waals surface area contributed by atoms with Crippen molar-refractivity contribution in [2.75, 3.05) is 12.8 Å². The second kappa shape index (κ2) is 6.63. The third-order valence-corrected chi connectivity index (χ3v) is 3.89. The number of ether oxygens (including phenoxy) is 1. The molecule has 0 aromatic heterocycles. The van der Waals surface area contributed by atoms with E-state index in [9.17, 15) is 4.79 Å². The molecule has 0 aliphatic heterocycles. The molecule has 0 fully saturated rings. The fourth-order valence-electron chi connectivity index (χ4n) is 1.94. The first-order chi connectivity index (χ1) is 10.0. The van der Waals surface area contributed by atoms with Crippen molar-refractivity contribution in [2.45, 2.75) is 13.0 Å². The molecule has 0 bridgehead atoms. The maximum atomic E-state index is 12.2. The Balaban J connectivity index is 2.12. The number of carbonyl (C=O) groups excluding carboxylic acids is 1. The molecule has 0 aliphatic rings. The minimum atomic E-state index is -0.147. The van der Waals surface area contributed by atoms with Crippen molar-refractivity contribution < 1.29 is 9.53 Å². The van der Waals surface area contributed by atoms with Crippen LogP contribution in [0.3, 0.4) is 0 Å². The molecule has 0 saturated carbocycles. The molecule has 110 valence electrons. The van der Waals surface area contributed by atoms with Crippen molar-refractivity contribution >= 4 is 27.5 Å². The van der Waals surface area contributed by atoms with Crippen LogP contribution in [0.25, 0.3) is 0 Å². The van der Waals surface area contributed by atoms with E-state index in [4.69, 9.17) is 10.5 Å². The number of amides is 1. The lowest BCUT2D eigenvalue weighted by atomic mass is 10.1. The number of methoxy groups -OCH3 is 1. The second-order valence-corrected chi connectivity index (χ2v) is 5.56. The number of rotatable bonds is 4. The van der Waals surface area contributed by atoms with E-state index in [0.29, 0.717) is 15.7 Å². The predicted octanol–water partition coefficient (Wildman–Crippen LogP) is 3.53. The van der Waals surface area contributed by atoms with E-state index in [0.717, 1.165) is 11.3 Å². The highest BCUT2D eigenvalue weighted by Crippen LogP contribution is 2.22. The average Bonchev–Trinajstić information content (AvgIpc) is 2.49. The van der Waals surface area contributed by atoms with Crippen LogP contribution in [0.1, 0.15) is 28.9 Å². The number of nitrogen functional groups attached to an aromatic ring is 1. The quantitative estimate of drug-likeness (QED) is 0.830. The summed E-state index contributed by atoms with van der Waals surface area (Å²) >= 11 is 3.32. The third-order valence-electron chi connectivity index (χ3n) is 3.20. The van der Waals surface area contributed by atoms with Gasteiger partial charge in [-0.05, 0) is 58.7 Å². The lowest BCUT2D eigenvalue weighted by Gasteiger charge is -2.15. The van der Waals surface area contributed by atoms with Crippen molar-refractivity contribution in [1.29, 1.82) is 0 Å². The van der Waals surface area contributed by atoms with E-state index in [1.165, 1.54) is 0 Å². The Morgan fingerprint density at radius 1 is 1.29 bits per heavy atom. The van der Waals surface area contributed by atoms with Crippen LogP contribution in [0.5, 0.6) is 5.75 Å². The Morgan fingerprint density at radius 2 is 2.05 bits per heavy atom. The standard InChI is InChI=1S/C16H17BrN2O2/c1-10(11-4-3-5-13(8-11)21-2)19-16(20)12-6-7-15(18)14(17)9-12/h3-10H,18H2,1-2H3,(H,19,20)/t10-/m0/s1. The molecular formula is C16H17BrN2O2. The van der Waals surface area contributed by atoms with E-state index >= 15 is 0 Å². The molecule has 2 rings (SSSR count). The van der Waals surface area contributed by atoms with Gasteiger partial charge in [-0.25, -0.2) is 0 Å². The summed E-state index contributed by atoms with van der Waals surface area (Å²) in [4.78, 5) is 12.2. The number of nitrogens with one attached hydrogen (secondary N) is 1. The third kappa shape index (κ3) is 3.76. The van der Waals surface area contributed by atoms with Gasteiger partial charge in [-0.15, -0.1) is 0 Å². The summed E-state index contributed by atoms with van der Waals surface area (Å²) in [6.07, 6.45) is 0. The number of halogens is 1. The molecule has 0 heterocycles. The summed E-state index contributed by atoms with van der Waals surface area (Å²) in [5, 5.41) is 2.95. The number of benzene rings is 2. The van der Waals surface area contributed by atoms with Gasteiger partial charge >= 0.3 is 0 Å². The van der Waals surface area contributed by atoms with Crippen LogP contribution in [0, 0.1) is 0 Å². The van der Waals surface area contributed by atoms with Gasteiger partial charge in [-0.1, -0.05) is 12.1 Å². The molecular weight excluding hydrogens is 332 g/mol. The zero-order valence-corrected chi connectivity index (χ0v) is 13.5. The summed E-state index contributed by atoms with van der Waals surface area (Å²) in [6, 6.07) is 12.6. The van der Waals surface area contributed by atoms with E-state index < -0.39 is 0 Å². The molecule has 3 N–H and O–H groups in total. The summed E-state index contributed by atoms with van der Waals surface area (Å²) in [7, 11) is 1.62. The Hall–Kier alpha value is -2.01. The van der Waals surface area contributed by atoms with Crippen molar-refractivity contribution in [3.05, 3.63) is 58.1 Å². The van der Waals surface area contributed by atoms with Gasteiger partial charge in [0.25, 0.3) is 5.91 Å². The van der Waals surface area contributed by atoms with Crippen LogP contribution in [-0.2, 0) is 0 Å². The van der Waals surface area contributed by atoms with E-state index in [-0.39, 0.29) is 11.9 Å². The highest BCUT2D eigenvalue weighted by atomic mass is 79.9. The fraction of sp³-hybridized carbons (Fsp3) is 0.188. The number of anilines is 1. The molecule has 1 amide bonds. The highest BCUT2D eigenvalue weighted by Gasteiger charge is 2.12. The van der Waals surface area contributed by atoms with Crippen molar-refractivity contribution in [3.8, 4) is 5.75 Å². The van der Waals surface area contributed by atoms with Gasteiger partial charge < -0.3 is 15.8 Å². The molecule has 2 aromatic rings. The van der Waals surface area contributed by atoms with Gasteiger partial charge in [0.05, 0.1) is 13.2 Å². The maximum Gasteiger partial charge on any atom is 0.251 e. The van der Waals surface area contributed by atoms with Crippen LogP contribution in [0.2, 0.25) is 0 Å². The highest BCUT2D eigenvalue weighted by molar-refractivity contribution is 9.10. The molecule has 21 heavy (non-hydrogen) atoms. The lowest BCUT2D eigenvalue weighted by Crippen LogP contribution is -2.26. The molecule has 4 nitrogen and oxygen atoms in total. The van der Waals surface area contributed by atoms with Crippen LogP contribution in [-0.4, -0.2) is 13.0 Å². The van der Waals surface area contributed by atoms with Crippen LogP contribution < -0.4 is 15.8 Å². The van der Waals surface area contributed by atoms with E-state index in [1.807, 2.05) is 31.2 Å². The van der Waals surface area contributed by atoms with Gasteiger partial charge in [0.15, 0.2) is 0 Å². The summed E-state index contributed by atoms with van der Waals surface area (Å²) in [5.41, 5.74) is 7.87. The van der Waals surface area contributed by atoms with Crippen molar-refractivity contribution in [3.63, 3.8) is 0 Å². The van der Waals surface area contributed by atoms with Crippen LogP contribution in [0.4, 0.5) is 5.69 Å². The Labute approximate surface area is 132 Å². The van der Waals surface area contributed by atoms with Crippen LogP contribution in [0.15, 0.2) is 46.9 Å². The van der Waals surface area contributed by atoms with Gasteiger partial charge in [0.1, 0.15) is 5.75 Å². The van der Waals surface area contributed by atoms with Crippen molar-refractivity contribution in [1.82, 2.24) is 5.32 Å². The molecule has 5 heteroatoms. The SMILES string of the molecule is COc1cccc([C@H](C)NC(=O)c2ccc(N)c(Br)c2)c1.